The van der Waals surface area contributed by atoms with E-state index in [1.807, 2.05) is 54.6 Å². The summed E-state index contributed by atoms with van der Waals surface area (Å²) in [5.41, 5.74) is 2.31. The Morgan fingerprint density at radius 1 is 0.889 bits per heavy atom. The van der Waals surface area contributed by atoms with Gasteiger partial charge in [0.1, 0.15) is 12.4 Å². The maximum absolute atomic E-state index is 5.88. The molecule has 0 unspecified atom stereocenters. The van der Waals surface area contributed by atoms with Crippen molar-refractivity contribution in [2.75, 3.05) is 0 Å². The minimum Gasteiger partial charge on any atom is -0.486 e. The number of ether oxygens (including phenoxy) is 1. The molecular weight excluding hydrogens is 340 g/mol. The van der Waals surface area contributed by atoms with E-state index in [2.05, 4.69) is 32.0 Å². The van der Waals surface area contributed by atoms with Gasteiger partial charge in [0.2, 0.25) is 0 Å². The number of hydrogen-bond acceptors (Lipinski definition) is 6. The summed E-state index contributed by atoms with van der Waals surface area (Å²) in [4.78, 5) is 8.27. The van der Waals surface area contributed by atoms with Crippen molar-refractivity contribution in [1.29, 1.82) is 0 Å². The number of aromatic nitrogens is 4. The molecule has 0 spiro atoms. The first-order valence-electron chi connectivity index (χ1n) is 8.26. The molecule has 0 saturated heterocycles. The van der Waals surface area contributed by atoms with Crippen molar-refractivity contribution in [1.82, 2.24) is 20.2 Å². The van der Waals surface area contributed by atoms with Crippen LogP contribution in [0.25, 0.3) is 11.5 Å². The van der Waals surface area contributed by atoms with Gasteiger partial charge in [-0.2, -0.15) is 0 Å². The van der Waals surface area contributed by atoms with Crippen LogP contribution in [-0.2, 0) is 6.61 Å². The van der Waals surface area contributed by atoms with E-state index in [0.29, 0.717) is 23.8 Å². The summed E-state index contributed by atoms with van der Waals surface area (Å²) in [5, 5.41) is 8.07. The van der Waals surface area contributed by atoms with Crippen LogP contribution in [0, 0.1) is 11.8 Å². The molecule has 4 aromatic rings. The van der Waals surface area contributed by atoms with Gasteiger partial charge in [-0.05, 0) is 42.3 Å². The van der Waals surface area contributed by atoms with Gasteiger partial charge in [-0.15, -0.1) is 5.10 Å². The van der Waals surface area contributed by atoms with E-state index in [9.17, 15) is 0 Å². The second-order valence-corrected chi connectivity index (χ2v) is 5.51. The van der Waals surface area contributed by atoms with Gasteiger partial charge < -0.3 is 9.15 Å². The lowest BCUT2D eigenvalue weighted by atomic mass is 10.2. The van der Waals surface area contributed by atoms with E-state index in [4.69, 9.17) is 9.15 Å². The SMILES string of the molecule is C(#Cc1nnc(-c2ccccc2OCc2ccccn2)o1)c1cccnc1. The molecule has 130 valence electrons. The molecule has 0 N–H and O–H groups in total. The monoisotopic (exact) mass is 354 g/mol. The first kappa shape index (κ1) is 16.5. The van der Waals surface area contributed by atoms with Gasteiger partial charge in [0.05, 0.1) is 11.3 Å². The van der Waals surface area contributed by atoms with Crippen molar-refractivity contribution < 1.29 is 9.15 Å². The van der Waals surface area contributed by atoms with E-state index in [-0.39, 0.29) is 5.89 Å². The second kappa shape index (κ2) is 7.93. The number of para-hydroxylation sites is 1. The highest BCUT2D eigenvalue weighted by Gasteiger charge is 2.13. The van der Waals surface area contributed by atoms with Crippen LogP contribution in [0.5, 0.6) is 5.75 Å². The topological polar surface area (TPSA) is 73.9 Å². The number of rotatable bonds is 4. The zero-order valence-corrected chi connectivity index (χ0v) is 14.2. The normalized spacial score (nSPS) is 10.1. The molecule has 0 aliphatic carbocycles. The van der Waals surface area contributed by atoms with Gasteiger partial charge in [-0.3, -0.25) is 9.97 Å². The van der Waals surface area contributed by atoms with Crippen LogP contribution in [0.1, 0.15) is 17.1 Å². The first-order chi connectivity index (χ1) is 13.4. The summed E-state index contributed by atoms with van der Waals surface area (Å²) in [6, 6.07) is 16.8. The van der Waals surface area contributed by atoms with Crippen molar-refractivity contribution in [3.63, 3.8) is 0 Å². The zero-order valence-electron chi connectivity index (χ0n) is 14.2. The van der Waals surface area contributed by atoms with Gasteiger partial charge >= 0.3 is 0 Å². The highest BCUT2D eigenvalue weighted by atomic mass is 16.5. The summed E-state index contributed by atoms with van der Waals surface area (Å²) >= 11 is 0. The largest absolute Gasteiger partial charge is 0.486 e. The van der Waals surface area contributed by atoms with Crippen LogP contribution in [0.15, 0.2) is 77.6 Å². The maximum Gasteiger partial charge on any atom is 0.294 e. The van der Waals surface area contributed by atoms with E-state index in [1.165, 1.54) is 0 Å². The molecular formula is C21H14N4O2. The van der Waals surface area contributed by atoms with Crippen molar-refractivity contribution in [3.8, 4) is 29.0 Å². The minimum atomic E-state index is 0.230. The molecule has 3 heterocycles. The van der Waals surface area contributed by atoms with Gasteiger partial charge in [-0.1, -0.05) is 29.2 Å². The third-order valence-electron chi connectivity index (χ3n) is 3.62. The Hall–Kier alpha value is -3.98. The van der Waals surface area contributed by atoms with Crippen molar-refractivity contribution in [3.05, 3.63) is 90.3 Å². The highest BCUT2D eigenvalue weighted by molar-refractivity contribution is 5.62. The molecule has 0 radical (unpaired) electrons. The molecule has 4 rings (SSSR count). The molecule has 27 heavy (non-hydrogen) atoms. The summed E-state index contributed by atoms with van der Waals surface area (Å²) < 4.78 is 11.6. The fourth-order valence-electron chi connectivity index (χ4n) is 2.35. The van der Waals surface area contributed by atoms with Crippen molar-refractivity contribution in [2.45, 2.75) is 6.61 Å². The standard InChI is InChI=1S/C21H14N4O2/c1-2-9-19(26-15-17-7-3-4-13-23-17)18(8-1)21-25-24-20(27-21)11-10-16-6-5-12-22-14-16/h1-9,12-14H,15H2. The number of hydrogen-bond donors (Lipinski definition) is 0. The van der Waals surface area contributed by atoms with Crippen LogP contribution < -0.4 is 4.74 Å². The average molecular weight is 354 g/mol. The molecule has 0 aliphatic rings. The first-order valence-corrected chi connectivity index (χ1v) is 8.26. The molecule has 1 aromatic carbocycles. The zero-order chi connectivity index (χ0) is 18.3. The van der Waals surface area contributed by atoms with E-state index in [0.717, 1.165) is 11.3 Å². The van der Waals surface area contributed by atoms with E-state index < -0.39 is 0 Å². The lowest BCUT2D eigenvalue weighted by Crippen LogP contribution is -1.98. The third-order valence-corrected chi connectivity index (χ3v) is 3.62. The molecule has 3 aromatic heterocycles. The number of pyridine rings is 2. The number of nitrogens with zero attached hydrogens (tertiary/aromatic N) is 4. The Bertz CT molecular complexity index is 1080. The van der Waals surface area contributed by atoms with Crippen LogP contribution in [-0.4, -0.2) is 20.2 Å². The highest BCUT2D eigenvalue weighted by Crippen LogP contribution is 2.29. The van der Waals surface area contributed by atoms with E-state index in [1.54, 1.807) is 18.6 Å². The molecule has 0 saturated carbocycles. The summed E-state index contributed by atoms with van der Waals surface area (Å²) in [6.07, 6.45) is 5.10. The van der Waals surface area contributed by atoms with E-state index >= 15 is 0 Å². The van der Waals surface area contributed by atoms with Gasteiger partial charge in [0.15, 0.2) is 0 Å². The molecule has 0 aliphatic heterocycles. The lowest BCUT2D eigenvalue weighted by molar-refractivity contribution is 0.302. The molecule has 6 heteroatoms. The smallest absolute Gasteiger partial charge is 0.294 e. The molecule has 0 atom stereocenters. The summed E-state index contributed by atoms with van der Waals surface area (Å²) in [7, 11) is 0. The lowest BCUT2D eigenvalue weighted by Gasteiger charge is -2.08. The predicted molar refractivity (Wildman–Crippen MR) is 98.5 cm³/mol. The van der Waals surface area contributed by atoms with Crippen molar-refractivity contribution >= 4 is 0 Å². The quantitative estimate of drug-likeness (QED) is 0.522. The molecule has 6 nitrogen and oxygen atoms in total. The Balaban J connectivity index is 1.54. The average Bonchev–Trinajstić information content (AvgIpc) is 3.21. The van der Waals surface area contributed by atoms with Crippen LogP contribution in [0.2, 0.25) is 0 Å². The Labute approximate surface area is 155 Å². The van der Waals surface area contributed by atoms with Crippen LogP contribution >= 0.6 is 0 Å². The third kappa shape index (κ3) is 4.17. The molecule has 0 amide bonds. The Kier molecular flexibility index (Phi) is 4.84. The minimum absolute atomic E-state index is 0.230. The Morgan fingerprint density at radius 3 is 2.67 bits per heavy atom. The fourth-order valence-corrected chi connectivity index (χ4v) is 2.35. The van der Waals surface area contributed by atoms with Crippen LogP contribution in [0.4, 0.5) is 0 Å². The molecule has 0 bridgehead atoms. The second-order valence-electron chi connectivity index (χ2n) is 5.51. The van der Waals surface area contributed by atoms with Crippen molar-refractivity contribution in [2.24, 2.45) is 0 Å². The maximum atomic E-state index is 5.88. The number of benzene rings is 1. The summed E-state index contributed by atoms with van der Waals surface area (Å²) in [5.74, 6) is 7.00. The van der Waals surface area contributed by atoms with Gasteiger partial charge in [0.25, 0.3) is 11.8 Å². The van der Waals surface area contributed by atoms with Crippen LogP contribution in [0.3, 0.4) is 0 Å². The predicted octanol–water partition coefficient (Wildman–Crippen LogP) is 3.51. The summed E-state index contributed by atoms with van der Waals surface area (Å²) in [6.45, 7) is 0.347. The fraction of sp³-hybridized carbons (Fsp3) is 0.0476. The molecule has 0 fully saturated rings. The van der Waals surface area contributed by atoms with Gasteiger partial charge in [-0.25, -0.2) is 0 Å². The van der Waals surface area contributed by atoms with Gasteiger partial charge in [0, 0.05) is 24.2 Å². The Morgan fingerprint density at radius 2 is 1.81 bits per heavy atom.